The van der Waals surface area contributed by atoms with Crippen LogP contribution in [0, 0.1) is 19.8 Å². The van der Waals surface area contributed by atoms with Crippen molar-refractivity contribution >= 4 is 29.0 Å². The van der Waals surface area contributed by atoms with Gasteiger partial charge in [0.2, 0.25) is 0 Å². The molecule has 4 rings (SSSR count). The van der Waals surface area contributed by atoms with Gasteiger partial charge in [-0.3, -0.25) is 9.79 Å². The van der Waals surface area contributed by atoms with E-state index in [-0.39, 0.29) is 18.6 Å². The van der Waals surface area contributed by atoms with Gasteiger partial charge in [0, 0.05) is 33.8 Å². The van der Waals surface area contributed by atoms with Gasteiger partial charge in [0.15, 0.2) is 0 Å². The number of aryl methyl sites for hydroxylation is 2. The molecule has 0 fully saturated rings. The van der Waals surface area contributed by atoms with Crippen molar-refractivity contribution in [3.63, 3.8) is 0 Å². The Morgan fingerprint density at radius 2 is 1.61 bits per heavy atom. The molecular weight excluding hydrogens is 532 g/mol. The lowest BCUT2D eigenvalue weighted by molar-refractivity contribution is -0.146. The van der Waals surface area contributed by atoms with Crippen LogP contribution >= 0.6 is 11.3 Å². The van der Waals surface area contributed by atoms with Gasteiger partial charge < -0.3 is 9.47 Å². The zero-order valence-corrected chi connectivity index (χ0v) is 26.4. The first-order chi connectivity index (χ1) is 19.4. The maximum atomic E-state index is 13.2. The molecule has 0 spiro atoms. The Morgan fingerprint density at radius 3 is 2.22 bits per heavy atom. The van der Waals surface area contributed by atoms with Crippen LogP contribution in [0.15, 0.2) is 58.0 Å². The molecule has 41 heavy (non-hydrogen) atoms. The van der Waals surface area contributed by atoms with E-state index in [0.717, 1.165) is 27.4 Å². The summed E-state index contributed by atoms with van der Waals surface area (Å²) in [5.74, 6) is -2.18. The number of carbonyl (C=O) groups excluding carboxylic acids is 2. The number of rotatable bonds is 7. The van der Waals surface area contributed by atoms with Crippen LogP contribution in [0.5, 0.6) is 0 Å². The lowest BCUT2D eigenvalue weighted by Gasteiger charge is -2.31. The Labute approximate surface area is 247 Å². The first kappa shape index (κ1) is 30.4. The largest absolute Gasteiger partial charge is 0.465 e. The van der Waals surface area contributed by atoms with Crippen molar-refractivity contribution in [2.24, 2.45) is 10.9 Å². The second-order valence-electron chi connectivity index (χ2n) is 11.6. The van der Waals surface area contributed by atoms with E-state index in [1.807, 2.05) is 31.2 Å². The molecule has 0 saturated heterocycles. The number of hydrogen-bond acceptors (Lipinski definition) is 7. The third kappa shape index (κ3) is 6.20. The smallest absolute Gasteiger partial charge is 0.336 e. The van der Waals surface area contributed by atoms with E-state index >= 15 is 0 Å². The molecular formula is C34H40N2O4S. The number of aliphatic imine (C=N–C) groups is 1. The summed E-state index contributed by atoms with van der Waals surface area (Å²) in [4.78, 5) is 36.0. The van der Waals surface area contributed by atoms with E-state index in [2.05, 4.69) is 57.1 Å². The summed E-state index contributed by atoms with van der Waals surface area (Å²) in [6.45, 7) is 18.6. The van der Waals surface area contributed by atoms with E-state index in [1.54, 1.807) is 32.1 Å². The minimum atomic E-state index is -0.730. The van der Waals surface area contributed by atoms with Crippen LogP contribution < -0.4 is 0 Å². The second-order valence-corrected chi connectivity index (χ2v) is 12.4. The highest BCUT2D eigenvalue weighted by molar-refractivity contribution is 7.13. The summed E-state index contributed by atoms with van der Waals surface area (Å²) in [6, 6.07) is 12.4. The lowest BCUT2D eigenvalue weighted by Crippen LogP contribution is -2.36. The summed E-state index contributed by atoms with van der Waals surface area (Å²) in [7, 11) is 0. The van der Waals surface area contributed by atoms with Gasteiger partial charge in [0.1, 0.15) is 10.9 Å². The monoisotopic (exact) mass is 572 g/mol. The number of thiazole rings is 1. The molecule has 0 saturated carbocycles. The van der Waals surface area contributed by atoms with E-state index in [1.165, 1.54) is 16.7 Å². The van der Waals surface area contributed by atoms with Crippen LogP contribution in [-0.2, 0) is 24.5 Å². The Balaban J connectivity index is 1.79. The van der Waals surface area contributed by atoms with E-state index in [4.69, 9.17) is 14.5 Å². The Bertz CT molecular complexity index is 1520. The van der Waals surface area contributed by atoms with E-state index in [0.29, 0.717) is 17.0 Å². The molecule has 2 aromatic carbocycles. The topological polar surface area (TPSA) is 77.8 Å². The highest BCUT2D eigenvalue weighted by atomic mass is 32.1. The number of aromatic nitrogens is 1. The number of ether oxygens (including phenoxy) is 2. The molecule has 0 aliphatic carbocycles. The molecule has 2 atom stereocenters. The van der Waals surface area contributed by atoms with Crippen molar-refractivity contribution in [1.82, 2.24) is 4.98 Å². The van der Waals surface area contributed by atoms with Gasteiger partial charge >= 0.3 is 11.9 Å². The number of hydrogen-bond donors (Lipinski definition) is 0. The van der Waals surface area contributed by atoms with Gasteiger partial charge in [-0.1, -0.05) is 51.1 Å². The predicted octanol–water partition coefficient (Wildman–Crippen LogP) is 7.97. The normalized spacial score (nSPS) is 17.3. The van der Waals surface area contributed by atoms with Gasteiger partial charge in [0.05, 0.1) is 24.5 Å². The van der Waals surface area contributed by atoms with Crippen molar-refractivity contribution in [1.29, 1.82) is 0 Å². The summed E-state index contributed by atoms with van der Waals surface area (Å²) in [6.07, 6.45) is 0. The predicted molar refractivity (Wildman–Crippen MR) is 166 cm³/mol. The first-order valence-electron chi connectivity index (χ1n) is 14.1. The summed E-state index contributed by atoms with van der Waals surface area (Å²) in [5.41, 5.74) is 9.17. The molecule has 0 radical (unpaired) electrons. The Morgan fingerprint density at radius 1 is 0.951 bits per heavy atom. The summed E-state index contributed by atoms with van der Waals surface area (Å²) < 4.78 is 10.9. The maximum Gasteiger partial charge on any atom is 0.336 e. The third-order valence-electron chi connectivity index (χ3n) is 7.52. The first-order valence-corrected chi connectivity index (χ1v) is 15.0. The summed E-state index contributed by atoms with van der Waals surface area (Å²) >= 11 is 1.58. The van der Waals surface area contributed by atoms with Gasteiger partial charge in [-0.2, -0.15) is 0 Å². The molecule has 2 unspecified atom stereocenters. The second kappa shape index (κ2) is 12.1. The standard InChI is InChI=1S/C34H40N2O4S/c1-10-39-32(37)28-21(5)35-22(6)29(33(38)40-11-2)30(28)23-13-12-14-24(17-23)31-36-26(18-41-31)27-19(3)15-25(16-20(27)4)34(7,8)9/h12-18,28,30H,10-11H2,1-9H3. The van der Waals surface area contributed by atoms with Crippen molar-refractivity contribution < 1.29 is 19.1 Å². The molecule has 0 bridgehead atoms. The van der Waals surface area contributed by atoms with Gasteiger partial charge in [-0.05, 0) is 75.3 Å². The SMILES string of the molecule is CCOC(=O)C1=C(C)N=C(C)C(C(=O)OCC)C1c1cccc(-c2nc(-c3c(C)cc(C(C)(C)C)cc3C)cs2)c1. The van der Waals surface area contributed by atoms with Gasteiger partial charge in [-0.25, -0.2) is 9.78 Å². The van der Waals surface area contributed by atoms with Crippen LogP contribution in [0.25, 0.3) is 21.8 Å². The van der Waals surface area contributed by atoms with Gasteiger partial charge in [-0.15, -0.1) is 11.3 Å². The molecule has 1 aliphatic heterocycles. The van der Waals surface area contributed by atoms with Crippen LogP contribution in [0.4, 0.5) is 0 Å². The minimum absolute atomic E-state index is 0.0700. The number of benzene rings is 2. The highest BCUT2D eigenvalue weighted by Crippen LogP contribution is 2.42. The Hall–Kier alpha value is -3.58. The number of allylic oxidation sites excluding steroid dienone is 1. The molecule has 1 aromatic heterocycles. The number of carbonyl (C=O) groups is 2. The zero-order chi connectivity index (χ0) is 30.1. The zero-order valence-electron chi connectivity index (χ0n) is 25.5. The molecule has 0 amide bonds. The molecule has 2 heterocycles. The number of nitrogens with zero attached hydrogens (tertiary/aromatic N) is 2. The molecule has 216 valence electrons. The molecule has 6 nitrogen and oxygen atoms in total. The van der Waals surface area contributed by atoms with Crippen LogP contribution in [0.3, 0.4) is 0 Å². The van der Waals surface area contributed by atoms with Crippen LogP contribution in [-0.4, -0.2) is 35.8 Å². The maximum absolute atomic E-state index is 13.2. The summed E-state index contributed by atoms with van der Waals surface area (Å²) in [5, 5.41) is 2.97. The van der Waals surface area contributed by atoms with Crippen molar-refractivity contribution in [2.75, 3.05) is 13.2 Å². The van der Waals surface area contributed by atoms with E-state index < -0.39 is 23.8 Å². The quantitative estimate of drug-likeness (QED) is 0.268. The van der Waals surface area contributed by atoms with Crippen molar-refractivity contribution in [3.8, 4) is 21.8 Å². The fourth-order valence-corrected chi connectivity index (χ4v) is 6.40. The third-order valence-corrected chi connectivity index (χ3v) is 8.41. The average molecular weight is 573 g/mol. The molecule has 0 N–H and O–H groups in total. The van der Waals surface area contributed by atoms with Crippen LogP contribution in [0.2, 0.25) is 0 Å². The van der Waals surface area contributed by atoms with Crippen LogP contribution in [0.1, 0.15) is 76.6 Å². The lowest BCUT2D eigenvalue weighted by atomic mass is 9.75. The minimum Gasteiger partial charge on any atom is -0.465 e. The highest BCUT2D eigenvalue weighted by Gasteiger charge is 2.42. The van der Waals surface area contributed by atoms with Gasteiger partial charge in [0.25, 0.3) is 0 Å². The molecule has 7 heteroatoms. The molecule has 3 aromatic rings. The van der Waals surface area contributed by atoms with Crippen molar-refractivity contribution in [2.45, 2.75) is 73.6 Å². The average Bonchev–Trinajstić information content (AvgIpc) is 3.37. The Kier molecular flexibility index (Phi) is 8.97. The van der Waals surface area contributed by atoms with E-state index in [9.17, 15) is 9.59 Å². The van der Waals surface area contributed by atoms with Crippen molar-refractivity contribution in [3.05, 3.63) is 75.3 Å². The fraction of sp³-hybridized carbons (Fsp3) is 0.412. The molecule has 1 aliphatic rings. The number of esters is 2. The fourth-order valence-electron chi connectivity index (χ4n) is 5.60.